The van der Waals surface area contributed by atoms with Crippen LogP contribution >= 0.6 is 11.6 Å². The minimum atomic E-state index is 0.287. The molecule has 3 aromatic rings. The number of nitriles is 1. The molecule has 0 saturated heterocycles. The van der Waals surface area contributed by atoms with Gasteiger partial charge in [-0.1, -0.05) is 35.9 Å². The highest BCUT2D eigenvalue weighted by Crippen LogP contribution is 2.27. The monoisotopic (exact) mass is 268 g/mol. The summed E-state index contributed by atoms with van der Waals surface area (Å²) in [7, 11) is 0. The normalized spacial score (nSPS) is 10.5. The van der Waals surface area contributed by atoms with Gasteiger partial charge in [-0.25, -0.2) is 4.68 Å². The molecule has 1 heterocycles. The molecule has 5 heteroatoms. The molecule has 4 nitrogen and oxygen atoms in total. The van der Waals surface area contributed by atoms with Crippen molar-refractivity contribution in [1.82, 2.24) is 9.78 Å². The smallest absolute Gasteiger partial charge is 0.164 e. The third kappa shape index (κ3) is 1.81. The van der Waals surface area contributed by atoms with Crippen LogP contribution in [0, 0.1) is 11.3 Å². The van der Waals surface area contributed by atoms with Crippen molar-refractivity contribution in [3.63, 3.8) is 0 Å². The second kappa shape index (κ2) is 4.30. The lowest BCUT2D eigenvalue weighted by atomic mass is 10.0. The number of aromatic nitrogens is 2. The quantitative estimate of drug-likeness (QED) is 0.737. The summed E-state index contributed by atoms with van der Waals surface area (Å²) >= 11 is 5.93. The van der Waals surface area contributed by atoms with Crippen molar-refractivity contribution in [3.05, 3.63) is 53.2 Å². The number of nitrogens with zero attached hydrogens (tertiary/aromatic N) is 3. The van der Waals surface area contributed by atoms with Crippen LogP contribution in [0.15, 0.2) is 42.6 Å². The lowest BCUT2D eigenvalue weighted by Gasteiger charge is -2.07. The van der Waals surface area contributed by atoms with Gasteiger partial charge in [0.25, 0.3) is 0 Å². The summed E-state index contributed by atoms with van der Waals surface area (Å²) in [6, 6.07) is 13.5. The van der Waals surface area contributed by atoms with Gasteiger partial charge >= 0.3 is 0 Å². The Kier molecular flexibility index (Phi) is 2.62. The van der Waals surface area contributed by atoms with E-state index in [1.165, 1.54) is 0 Å². The summed E-state index contributed by atoms with van der Waals surface area (Å²) in [5, 5.41) is 15.5. The first kappa shape index (κ1) is 11.6. The summed E-state index contributed by atoms with van der Waals surface area (Å²) < 4.78 is 1.63. The number of rotatable bonds is 1. The highest BCUT2D eigenvalue weighted by molar-refractivity contribution is 6.32. The number of nitrogen functional groups attached to an aromatic ring is 1. The molecule has 0 aliphatic heterocycles. The van der Waals surface area contributed by atoms with Crippen LogP contribution in [0.2, 0.25) is 5.02 Å². The highest BCUT2D eigenvalue weighted by atomic mass is 35.5. The number of halogens is 1. The Hall–Kier alpha value is -2.51. The number of fused-ring (bicyclic) bond motifs is 1. The van der Waals surface area contributed by atoms with E-state index in [-0.39, 0.29) is 5.82 Å². The molecule has 19 heavy (non-hydrogen) atoms. The molecule has 0 aliphatic carbocycles. The minimum absolute atomic E-state index is 0.287. The predicted octanol–water partition coefficient (Wildman–Crippen LogP) is 3.13. The zero-order valence-electron chi connectivity index (χ0n) is 9.84. The lowest BCUT2D eigenvalue weighted by molar-refractivity contribution is 0.893. The standard InChI is InChI=1S/C14H9ClN4/c15-12-8-19(18-14(12)17)13-6-5-9(7-16)10-3-1-2-4-11(10)13/h1-6,8H,(H2,17,18). The summed E-state index contributed by atoms with van der Waals surface area (Å²) in [5.41, 5.74) is 7.13. The Morgan fingerprint density at radius 3 is 2.53 bits per heavy atom. The average molecular weight is 269 g/mol. The van der Waals surface area contributed by atoms with Crippen molar-refractivity contribution in [2.75, 3.05) is 5.73 Å². The fraction of sp³-hybridized carbons (Fsp3) is 0. The summed E-state index contributed by atoms with van der Waals surface area (Å²) in [5.74, 6) is 0.287. The minimum Gasteiger partial charge on any atom is -0.381 e. The van der Waals surface area contributed by atoms with Gasteiger partial charge in [0, 0.05) is 10.8 Å². The maximum atomic E-state index is 9.13. The molecule has 92 valence electrons. The second-order valence-electron chi connectivity index (χ2n) is 4.10. The van der Waals surface area contributed by atoms with Crippen LogP contribution in [-0.4, -0.2) is 9.78 Å². The third-order valence-corrected chi connectivity index (χ3v) is 3.26. The van der Waals surface area contributed by atoms with E-state index in [4.69, 9.17) is 22.6 Å². The van der Waals surface area contributed by atoms with Crippen molar-refractivity contribution < 1.29 is 0 Å². The third-order valence-electron chi connectivity index (χ3n) is 2.96. The molecule has 2 N–H and O–H groups in total. The van der Waals surface area contributed by atoms with Crippen molar-refractivity contribution >= 4 is 28.2 Å². The van der Waals surface area contributed by atoms with Crippen molar-refractivity contribution in [2.45, 2.75) is 0 Å². The summed E-state index contributed by atoms with van der Waals surface area (Å²) in [6.45, 7) is 0. The van der Waals surface area contributed by atoms with Crippen LogP contribution in [0.5, 0.6) is 0 Å². The van der Waals surface area contributed by atoms with Crippen LogP contribution in [0.25, 0.3) is 16.5 Å². The molecule has 0 atom stereocenters. The van der Waals surface area contributed by atoms with Crippen molar-refractivity contribution in [2.24, 2.45) is 0 Å². The van der Waals surface area contributed by atoms with Gasteiger partial charge in [0.1, 0.15) is 5.02 Å². The first-order chi connectivity index (χ1) is 9.20. The number of nitrogens with two attached hydrogens (primary N) is 1. The van der Waals surface area contributed by atoms with Crippen molar-refractivity contribution in [3.8, 4) is 11.8 Å². The molecule has 0 spiro atoms. The van der Waals surface area contributed by atoms with Crippen molar-refractivity contribution in [1.29, 1.82) is 5.26 Å². The molecule has 0 unspecified atom stereocenters. The molecular formula is C14H9ClN4. The maximum Gasteiger partial charge on any atom is 0.164 e. The molecule has 0 aliphatic rings. The first-order valence-electron chi connectivity index (χ1n) is 5.63. The SMILES string of the molecule is N#Cc1ccc(-n2cc(Cl)c(N)n2)c2ccccc12. The second-order valence-corrected chi connectivity index (χ2v) is 4.50. The van der Waals surface area contributed by atoms with E-state index in [1.54, 1.807) is 16.9 Å². The molecule has 0 fully saturated rings. The molecule has 1 aromatic heterocycles. The van der Waals surface area contributed by atoms with E-state index < -0.39 is 0 Å². The first-order valence-corrected chi connectivity index (χ1v) is 6.01. The van der Waals surface area contributed by atoms with Gasteiger partial charge in [-0.15, -0.1) is 5.10 Å². The molecule has 0 radical (unpaired) electrons. The molecule has 0 saturated carbocycles. The Bertz CT molecular complexity index is 794. The van der Waals surface area contributed by atoms with Gasteiger partial charge in [0.05, 0.1) is 23.5 Å². The van der Waals surface area contributed by atoms with Crippen LogP contribution < -0.4 is 5.73 Å². The van der Waals surface area contributed by atoms with E-state index in [1.807, 2.05) is 30.3 Å². The van der Waals surface area contributed by atoms with E-state index in [9.17, 15) is 0 Å². The largest absolute Gasteiger partial charge is 0.381 e. The van der Waals surface area contributed by atoms with E-state index in [2.05, 4.69) is 11.2 Å². The average Bonchev–Trinajstić information content (AvgIpc) is 2.77. The van der Waals surface area contributed by atoms with Gasteiger partial charge in [0.15, 0.2) is 5.82 Å². The van der Waals surface area contributed by atoms with Gasteiger partial charge in [-0.3, -0.25) is 0 Å². The number of benzene rings is 2. The van der Waals surface area contributed by atoms with Gasteiger partial charge < -0.3 is 5.73 Å². The number of hydrogen-bond donors (Lipinski definition) is 1. The number of hydrogen-bond acceptors (Lipinski definition) is 3. The maximum absolute atomic E-state index is 9.13. The lowest BCUT2D eigenvalue weighted by Crippen LogP contribution is -1.98. The summed E-state index contributed by atoms with van der Waals surface area (Å²) in [6.07, 6.45) is 1.66. The zero-order valence-corrected chi connectivity index (χ0v) is 10.6. The molecule has 0 bridgehead atoms. The fourth-order valence-corrected chi connectivity index (χ4v) is 2.20. The highest BCUT2D eigenvalue weighted by Gasteiger charge is 2.10. The topological polar surface area (TPSA) is 67.6 Å². The van der Waals surface area contributed by atoms with Crippen LogP contribution in [0.1, 0.15) is 5.56 Å². The Morgan fingerprint density at radius 2 is 1.89 bits per heavy atom. The molecular weight excluding hydrogens is 260 g/mol. The van der Waals surface area contributed by atoms with E-state index in [0.29, 0.717) is 10.6 Å². The number of anilines is 1. The van der Waals surface area contributed by atoms with Gasteiger partial charge in [-0.2, -0.15) is 5.26 Å². The van der Waals surface area contributed by atoms with E-state index in [0.717, 1.165) is 16.5 Å². The zero-order chi connectivity index (χ0) is 13.4. The fourth-order valence-electron chi connectivity index (χ4n) is 2.07. The Morgan fingerprint density at radius 1 is 1.16 bits per heavy atom. The Balaban J connectivity index is 2.34. The molecule has 2 aromatic carbocycles. The van der Waals surface area contributed by atoms with Crippen LogP contribution in [0.4, 0.5) is 5.82 Å². The Labute approximate surface area is 114 Å². The van der Waals surface area contributed by atoms with Crippen LogP contribution in [0.3, 0.4) is 0 Å². The van der Waals surface area contributed by atoms with E-state index >= 15 is 0 Å². The molecule has 0 amide bonds. The summed E-state index contributed by atoms with van der Waals surface area (Å²) in [4.78, 5) is 0. The van der Waals surface area contributed by atoms with Crippen LogP contribution in [-0.2, 0) is 0 Å². The predicted molar refractivity (Wildman–Crippen MR) is 75.2 cm³/mol. The van der Waals surface area contributed by atoms with Gasteiger partial charge in [-0.05, 0) is 12.1 Å². The molecule has 3 rings (SSSR count). The van der Waals surface area contributed by atoms with Gasteiger partial charge in [0.2, 0.25) is 0 Å².